The van der Waals surface area contributed by atoms with Gasteiger partial charge in [0.15, 0.2) is 0 Å². The lowest BCUT2D eigenvalue weighted by molar-refractivity contribution is 0.0708. The van der Waals surface area contributed by atoms with Gasteiger partial charge in [0.25, 0.3) is 5.91 Å². The third kappa shape index (κ3) is 4.44. The molecule has 1 heterocycles. The van der Waals surface area contributed by atoms with Gasteiger partial charge < -0.3 is 10.6 Å². The highest BCUT2D eigenvalue weighted by atomic mass is 35.5. The van der Waals surface area contributed by atoms with Crippen LogP contribution >= 0.6 is 12.4 Å². The first-order chi connectivity index (χ1) is 10.5. The maximum Gasteiger partial charge on any atom is 0.253 e. The van der Waals surface area contributed by atoms with E-state index < -0.39 is 10.0 Å². The van der Waals surface area contributed by atoms with Crippen molar-refractivity contribution in [2.24, 2.45) is 5.73 Å². The van der Waals surface area contributed by atoms with Crippen LogP contribution in [-0.2, 0) is 10.0 Å². The van der Waals surface area contributed by atoms with Gasteiger partial charge in [0.1, 0.15) is 0 Å². The number of amides is 1. The third-order valence-electron chi connectivity index (χ3n) is 4.04. The highest BCUT2D eigenvalue weighted by Crippen LogP contribution is 2.23. The minimum Gasteiger partial charge on any atom is -0.337 e. The summed E-state index contributed by atoms with van der Waals surface area (Å²) >= 11 is 0. The normalized spacial score (nSPS) is 21.6. The second kappa shape index (κ2) is 7.17. The number of piperidine rings is 1. The molecule has 1 aromatic rings. The van der Waals surface area contributed by atoms with Crippen molar-refractivity contribution < 1.29 is 13.2 Å². The van der Waals surface area contributed by atoms with Crippen LogP contribution in [0.4, 0.5) is 0 Å². The topological polar surface area (TPSA) is 92.5 Å². The van der Waals surface area contributed by atoms with Crippen LogP contribution in [0.3, 0.4) is 0 Å². The number of hydrogen-bond donors (Lipinski definition) is 2. The Morgan fingerprint density at radius 3 is 2.65 bits per heavy atom. The molecule has 0 bridgehead atoms. The number of carbonyl (C=O) groups excluding carboxylic acids is 1. The van der Waals surface area contributed by atoms with Gasteiger partial charge in [-0.3, -0.25) is 4.79 Å². The van der Waals surface area contributed by atoms with E-state index in [1.807, 2.05) is 0 Å². The fourth-order valence-corrected chi connectivity index (χ4v) is 4.01. The number of halogens is 1. The number of nitrogens with one attached hydrogen (secondary N) is 1. The number of hydrogen-bond acceptors (Lipinski definition) is 4. The van der Waals surface area contributed by atoms with Crippen LogP contribution in [-0.4, -0.2) is 44.4 Å². The van der Waals surface area contributed by atoms with Gasteiger partial charge in [-0.1, -0.05) is 6.07 Å². The predicted octanol–water partition coefficient (Wildman–Crippen LogP) is 1.11. The Kier molecular flexibility index (Phi) is 5.67. The molecule has 0 radical (unpaired) electrons. The van der Waals surface area contributed by atoms with Crippen molar-refractivity contribution in [1.82, 2.24) is 9.62 Å². The Hall–Kier alpha value is -1.15. The Bertz CT molecular complexity index is 676. The molecule has 128 valence electrons. The van der Waals surface area contributed by atoms with Crippen molar-refractivity contribution in [2.45, 2.75) is 42.7 Å². The zero-order valence-corrected chi connectivity index (χ0v) is 14.4. The molecule has 1 atom stereocenters. The van der Waals surface area contributed by atoms with Crippen LogP contribution in [0.5, 0.6) is 0 Å². The van der Waals surface area contributed by atoms with Crippen molar-refractivity contribution in [3.63, 3.8) is 0 Å². The summed E-state index contributed by atoms with van der Waals surface area (Å²) in [6.07, 6.45) is 3.56. The first-order valence-electron chi connectivity index (χ1n) is 7.63. The van der Waals surface area contributed by atoms with E-state index in [-0.39, 0.29) is 35.3 Å². The molecule has 1 amide bonds. The molecule has 0 aromatic heterocycles. The van der Waals surface area contributed by atoms with E-state index >= 15 is 0 Å². The average molecular weight is 360 g/mol. The Morgan fingerprint density at radius 1 is 1.26 bits per heavy atom. The van der Waals surface area contributed by atoms with E-state index in [0.29, 0.717) is 18.7 Å². The van der Waals surface area contributed by atoms with Gasteiger partial charge in [0.05, 0.1) is 4.90 Å². The smallest absolute Gasteiger partial charge is 0.253 e. The number of carbonyl (C=O) groups is 1. The summed E-state index contributed by atoms with van der Waals surface area (Å²) in [6, 6.07) is 6.28. The lowest BCUT2D eigenvalue weighted by Crippen LogP contribution is -2.45. The fraction of sp³-hybridized carbons (Fsp3) is 0.533. The van der Waals surface area contributed by atoms with E-state index in [2.05, 4.69) is 4.72 Å². The average Bonchev–Trinajstić information content (AvgIpc) is 3.30. The standard InChI is InChI=1S/C15H21N3O3S.ClH/c16-12-4-2-8-18(10-12)15(19)11-3-1-5-14(9-11)22(20,21)17-13-6-7-13;/h1,3,5,9,12-13,17H,2,4,6-8,10,16H2;1H. The molecule has 1 aliphatic heterocycles. The van der Waals surface area contributed by atoms with E-state index in [1.54, 1.807) is 17.0 Å². The molecule has 2 fully saturated rings. The van der Waals surface area contributed by atoms with Crippen molar-refractivity contribution in [2.75, 3.05) is 13.1 Å². The van der Waals surface area contributed by atoms with Crippen molar-refractivity contribution in [3.8, 4) is 0 Å². The highest BCUT2D eigenvalue weighted by Gasteiger charge is 2.29. The number of benzene rings is 1. The number of nitrogens with zero attached hydrogens (tertiary/aromatic N) is 1. The van der Waals surface area contributed by atoms with Crippen molar-refractivity contribution in [1.29, 1.82) is 0 Å². The third-order valence-corrected chi connectivity index (χ3v) is 5.55. The van der Waals surface area contributed by atoms with Crippen LogP contribution in [0.25, 0.3) is 0 Å². The monoisotopic (exact) mass is 359 g/mol. The van der Waals surface area contributed by atoms with Crippen LogP contribution in [0, 0.1) is 0 Å². The minimum absolute atomic E-state index is 0. The van der Waals surface area contributed by atoms with Crippen molar-refractivity contribution in [3.05, 3.63) is 29.8 Å². The highest BCUT2D eigenvalue weighted by molar-refractivity contribution is 7.89. The van der Waals surface area contributed by atoms with Gasteiger partial charge in [0.2, 0.25) is 10.0 Å². The number of rotatable bonds is 4. The number of sulfonamides is 1. The maximum absolute atomic E-state index is 12.5. The molecule has 1 unspecified atom stereocenters. The molecule has 6 nitrogen and oxygen atoms in total. The quantitative estimate of drug-likeness (QED) is 0.842. The summed E-state index contributed by atoms with van der Waals surface area (Å²) in [5.41, 5.74) is 6.30. The molecule has 2 aliphatic rings. The van der Waals surface area contributed by atoms with E-state index in [0.717, 1.165) is 25.7 Å². The molecule has 8 heteroatoms. The summed E-state index contributed by atoms with van der Waals surface area (Å²) in [4.78, 5) is 14.4. The molecule has 1 saturated carbocycles. The lowest BCUT2D eigenvalue weighted by Gasteiger charge is -2.30. The van der Waals surface area contributed by atoms with E-state index in [4.69, 9.17) is 5.73 Å². The molecular formula is C15H22ClN3O3S. The Labute approximate surface area is 142 Å². The number of nitrogens with two attached hydrogens (primary N) is 1. The van der Waals surface area contributed by atoms with E-state index in [1.165, 1.54) is 12.1 Å². The molecule has 0 spiro atoms. The van der Waals surface area contributed by atoms with Gasteiger partial charge in [0, 0.05) is 30.7 Å². The molecule has 1 aromatic carbocycles. The largest absolute Gasteiger partial charge is 0.337 e. The molecular weight excluding hydrogens is 338 g/mol. The molecule has 3 N–H and O–H groups in total. The van der Waals surface area contributed by atoms with Crippen LogP contribution in [0.1, 0.15) is 36.0 Å². The van der Waals surface area contributed by atoms with Gasteiger partial charge in [-0.25, -0.2) is 13.1 Å². The lowest BCUT2D eigenvalue weighted by atomic mass is 10.1. The van der Waals surface area contributed by atoms with Gasteiger partial charge in [-0.2, -0.15) is 0 Å². The first-order valence-corrected chi connectivity index (χ1v) is 9.11. The van der Waals surface area contributed by atoms with Gasteiger partial charge >= 0.3 is 0 Å². The minimum atomic E-state index is -3.54. The van der Waals surface area contributed by atoms with Crippen LogP contribution < -0.4 is 10.5 Å². The molecule has 1 aliphatic carbocycles. The SMILES string of the molecule is Cl.NC1CCCN(C(=O)c2cccc(S(=O)(=O)NC3CC3)c2)C1. The molecule has 23 heavy (non-hydrogen) atoms. The second-order valence-corrected chi connectivity index (χ2v) is 7.79. The fourth-order valence-electron chi connectivity index (χ4n) is 2.66. The number of likely N-dealkylation sites (tertiary alicyclic amines) is 1. The van der Waals surface area contributed by atoms with E-state index in [9.17, 15) is 13.2 Å². The van der Waals surface area contributed by atoms with Gasteiger partial charge in [-0.15, -0.1) is 12.4 Å². The first kappa shape index (κ1) is 18.2. The summed E-state index contributed by atoms with van der Waals surface area (Å²) in [5, 5.41) is 0. The zero-order valence-electron chi connectivity index (χ0n) is 12.8. The summed E-state index contributed by atoms with van der Waals surface area (Å²) in [5.74, 6) is -0.154. The Balaban J connectivity index is 0.00000192. The van der Waals surface area contributed by atoms with Crippen LogP contribution in [0.15, 0.2) is 29.2 Å². The Morgan fingerprint density at radius 2 is 2.00 bits per heavy atom. The van der Waals surface area contributed by atoms with Crippen LogP contribution in [0.2, 0.25) is 0 Å². The zero-order chi connectivity index (χ0) is 15.7. The summed E-state index contributed by atoms with van der Waals surface area (Å²) < 4.78 is 27.1. The predicted molar refractivity (Wildman–Crippen MR) is 90.1 cm³/mol. The second-order valence-electron chi connectivity index (χ2n) is 6.08. The molecule has 3 rings (SSSR count). The maximum atomic E-state index is 12.5. The van der Waals surface area contributed by atoms with Crippen molar-refractivity contribution >= 4 is 28.3 Å². The van der Waals surface area contributed by atoms with Gasteiger partial charge in [-0.05, 0) is 43.9 Å². The summed E-state index contributed by atoms with van der Waals surface area (Å²) in [7, 11) is -3.54. The molecule has 1 saturated heterocycles. The summed E-state index contributed by atoms with van der Waals surface area (Å²) in [6.45, 7) is 1.19.